The molecular formula is C13H23N3O3S. The molecule has 0 saturated carbocycles. The normalized spacial score (nSPS) is 21.1. The highest BCUT2D eigenvalue weighted by molar-refractivity contribution is 8.15. The molecule has 1 aliphatic heterocycles. The van der Waals surface area contributed by atoms with Crippen LogP contribution in [0.3, 0.4) is 0 Å². The summed E-state index contributed by atoms with van der Waals surface area (Å²) < 4.78 is 5.38. The van der Waals surface area contributed by atoms with E-state index >= 15 is 0 Å². The van der Waals surface area contributed by atoms with Crippen molar-refractivity contribution in [3.05, 3.63) is 0 Å². The topological polar surface area (TPSA) is 71.0 Å². The van der Waals surface area contributed by atoms with Crippen LogP contribution in [0.4, 0.5) is 0 Å². The first-order chi connectivity index (χ1) is 9.45. The average Bonchev–Trinajstić information content (AvgIpc) is 2.66. The number of amides is 2. The van der Waals surface area contributed by atoms with Crippen LogP contribution in [0.15, 0.2) is 4.99 Å². The Hall–Kier alpha value is -1.08. The molecule has 2 amide bonds. The van der Waals surface area contributed by atoms with Gasteiger partial charge >= 0.3 is 0 Å². The number of thioether (sulfide) groups is 1. The minimum absolute atomic E-state index is 0.0612. The fourth-order valence-corrected chi connectivity index (χ4v) is 2.86. The maximum Gasteiger partial charge on any atom is 0.242 e. The Morgan fingerprint density at radius 1 is 1.55 bits per heavy atom. The maximum atomic E-state index is 11.9. The van der Waals surface area contributed by atoms with E-state index in [-0.39, 0.29) is 29.6 Å². The molecule has 0 aromatic carbocycles. The van der Waals surface area contributed by atoms with E-state index in [1.165, 1.54) is 16.7 Å². The second-order valence-electron chi connectivity index (χ2n) is 4.84. The van der Waals surface area contributed by atoms with Gasteiger partial charge in [0.25, 0.3) is 0 Å². The minimum Gasteiger partial charge on any atom is -0.379 e. The van der Waals surface area contributed by atoms with Gasteiger partial charge in [-0.2, -0.15) is 0 Å². The van der Waals surface area contributed by atoms with Crippen LogP contribution in [-0.4, -0.2) is 60.5 Å². The third-order valence-electron chi connectivity index (χ3n) is 2.80. The molecule has 20 heavy (non-hydrogen) atoms. The van der Waals surface area contributed by atoms with Crippen LogP contribution >= 0.6 is 11.8 Å². The predicted octanol–water partition coefficient (Wildman–Crippen LogP) is 0.867. The molecule has 0 spiro atoms. The second-order valence-corrected chi connectivity index (χ2v) is 6.01. The van der Waals surface area contributed by atoms with Gasteiger partial charge in [-0.3, -0.25) is 19.5 Å². The largest absolute Gasteiger partial charge is 0.379 e. The van der Waals surface area contributed by atoms with Crippen LogP contribution in [0.5, 0.6) is 0 Å². The van der Waals surface area contributed by atoms with E-state index < -0.39 is 0 Å². The molecule has 1 aliphatic rings. The molecule has 1 saturated heterocycles. The van der Waals surface area contributed by atoms with Crippen molar-refractivity contribution in [1.29, 1.82) is 0 Å². The lowest BCUT2D eigenvalue weighted by molar-refractivity contribution is -0.128. The zero-order chi connectivity index (χ0) is 15.1. The molecule has 0 aliphatic carbocycles. The Labute approximate surface area is 124 Å². The number of nitrogens with one attached hydrogen (secondary N) is 1. The van der Waals surface area contributed by atoms with Crippen molar-refractivity contribution < 1.29 is 14.3 Å². The molecule has 0 radical (unpaired) electrons. The number of nitrogens with zero attached hydrogens (tertiary/aromatic N) is 2. The van der Waals surface area contributed by atoms with Gasteiger partial charge in [0.1, 0.15) is 5.25 Å². The van der Waals surface area contributed by atoms with Gasteiger partial charge in [-0.15, -0.1) is 0 Å². The molecule has 1 heterocycles. The van der Waals surface area contributed by atoms with Crippen LogP contribution in [0.1, 0.15) is 26.7 Å². The third-order valence-corrected chi connectivity index (χ3v) is 4.12. The van der Waals surface area contributed by atoms with Gasteiger partial charge in [-0.25, -0.2) is 0 Å². The fraction of sp³-hybridized carbons (Fsp3) is 0.769. The number of hydrogen-bond acceptors (Lipinski definition) is 5. The monoisotopic (exact) mass is 301 g/mol. The van der Waals surface area contributed by atoms with E-state index in [9.17, 15) is 9.59 Å². The van der Waals surface area contributed by atoms with E-state index in [4.69, 9.17) is 4.74 Å². The summed E-state index contributed by atoms with van der Waals surface area (Å²) in [4.78, 5) is 29.2. The SMILES string of the molecule is CN=C1S[C@H](CC(=O)NCCCOC(C)C)C(=O)N1C. The standard InChI is InChI=1S/C13H23N3O3S/c1-9(2)19-7-5-6-15-11(17)8-10-12(18)16(4)13(14-3)20-10/h9-10H,5-8H2,1-4H3,(H,15,17)/t10-/m1/s1. The van der Waals surface area contributed by atoms with Crippen molar-refractivity contribution in [2.45, 2.75) is 38.0 Å². The number of amidine groups is 1. The lowest BCUT2D eigenvalue weighted by Crippen LogP contribution is -2.33. The molecule has 1 atom stereocenters. The first-order valence-corrected chi connectivity index (χ1v) is 7.63. The van der Waals surface area contributed by atoms with Gasteiger partial charge < -0.3 is 10.1 Å². The number of aliphatic imine (C=N–C) groups is 1. The molecular weight excluding hydrogens is 278 g/mol. The van der Waals surface area contributed by atoms with Gasteiger partial charge in [0, 0.05) is 33.7 Å². The quantitative estimate of drug-likeness (QED) is 0.708. The van der Waals surface area contributed by atoms with Gasteiger partial charge in [0.2, 0.25) is 11.8 Å². The number of hydrogen-bond donors (Lipinski definition) is 1. The summed E-state index contributed by atoms with van der Waals surface area (Å²) >= 11 is 1.34. The first-order valence-electron chi connectivity index (χ1n) is 6.75. The first kappa shape index (κ1) is 17.0. The number of carbonyl (C=O) groups excluding carboxylic acids is 2. The van der Waals surface area contributed by atoms with Crippen LogP contribution in [0.25, 0.3) is 0 Å². The fourth-order valence-electron chi connectivity index (χ4n) is 1.76. The highest BCUT2D eigenvalue weighted by Crippen LogP contribution is 2.27. The molecule has 7 heteroatoms. The molecule has 0 bridgehead atoms. The Bertz CT molecular complexity index is 385. The second kappa shape index (κ2) is 8.26. The maximum absolute atomic E-state index is 11.9. The van der Waals surface area contributed by atoms with E-state index in [1.54, 1.807) is 14.1 Å². The lowest BCUT2D eigenvalue weighted by atomic mass is 10.2. The third kappa shape index (κ3) is 5.13. The molecule has 114 valence electrons. The van der Waals surface area contributed by atoms with E-state index in [0.717, 1.165) is 6.42 Å². The molecule has 1 N–H and O–H groups in total. The molecule has 0 unspecified atom stereocenters. The molecule has 6 nitrogen and oxygen atoms in total. The van der Waals surface area contributed by atoms with Crippen molar-refractivity contribution in [3.63, 3.8) is 0 Å². The summed E-state index contributed by atoms with van der Waals surface area (Å²) in [5.41, 5.74) is 0. The number of ether oxygens (including phenoxy) is 1. The summed E-state index contributed by atoms with van der Waals surface area (Å²) in [7, 11) is 3.32. The predicted molar refractivity (Wildman–Crippen MR) is 80.8 cm³/mol. The minimum atomic E-state index is -0.356. The van der Waals surface area contributed by atoms with Crippen molar-refractivity contribution >= 4 is 28.7 Å². The van der Waals surface area contributed by atoms with Crippen LogP contribution in [0, 0.1) is 0 Å². The molecule has 1 rings (SSSR count). The van der Waals surface area contributed by atoms with E-state index in [0.29, 0.717) is 18.3 Å². The summed E-state index contributed by atoms with van der Waals surface area (Å²) in [5.74, 6) is -0.167. The smallest absolute Gasteiger partial charge is 0.242 e. The summed E-state index contributed by atoms with van der Waals surface area (Å²) in [6, 6.07) is 0. The van der Waals surface area contributed by atoms with Crippen LogP contribution in [0.2, 0.25) is 0 Å². The van der Waals surface area contributed by atoms with Crippen LogP contribution in [-0.2, 0) is 14.3 Å². The Morgan fingerprint density at radius 3 is 2.80 bits per heavy atom. The van der Waals surface area contributed by atoms with E-state index in [1.807, 2.05) is 13.8 Å². The van der Waals surface area contributed by atoms with Crippen molar-refractivity contribution in [2.75, 3.05) is 27.2 Å². The Kier molecular flexibility index (Phi) is 7.01. The van der Waals surface area contributed by atoms with Crippen molar-refractivity contribution in [3.8, 4) is 0 Å². The Balaban J connectivity index is 2.24. The van der Waals surface area contributed by atoms with Crippen molar-refractivity contribution in [1.82, 2.24) is 10.2 Å². The lowest BCUT2D eigenvalue weighted by Gasteiger charge is -2.10. The molecule has 1 fully saturated rings. The molecule has 0 aromatic rings. The average molecular weight is 301 g/mol. The van der Waals surface area contributed by atoms with Crippen molar-refractivity contribution in [2.24, 2.45) is 4.99 Å². The summed E-state index contributed by atoms with van der Waals surface area (Å²) in [6.07, 6.45) is 1.18. The number of rotatable bonds is 7. The van der Waals surface area contributed by atoms with Gasteiger partial charge in [0.15, 0.2) is 5.17 Å². The number of carbonyl (C=O) groups is 2. The highest BCUT2D eigenvalue weighted by atomic mass is 32.2. The Morgan fingerprint density at radius 2 is 2.25 bits per heavy atom. The summed E-state index contributed by atoms with van der Waals surface area (Å²) in [5, 5.41) is 3.12. The van der Waals surface area contributed by atoms with Crippen LogP contribution < -0.4 is 5.32 Å². The van der Waals surface area contributed by atoms with Gasteiger partial charge in [0.05, 0.1) is 6.10 Å². The van der Waals surface area contributed by atoms with E-state index in [2.05, 4.69) is 10.3 Å². The highest BCUT2D eigenvalue weighted by Gasteiger charge is 2.36. The zero-order valence-electron chi connectivity index (χ0n) is 12.5. The van der Waals surface area contributed by atoms with Gasteiger partial charge in [-0.05, 0) is 20.3 Å². The van der Waals surface area contributed by atoms with Gasteiger partial charge in [-0.1, -0.05) is 11.8 Å². The zero-order valence-corrected chi connectivity index (χ0v) is 13.3. The summed E-state index contributed by atoms with van der Waals surface area (Å²) in [6.45, 7) is 5.15. The molecule has 0 aromatic heterocycles.